The van der Waals surface area contributed by atoms with Crippen LogP contribution < -0.4 is 9.47 Å². The van der Waals surface area contributed by atoms with E-state index in [9.17, 15) is 10.1 Å². The predicted molar refractivity (Wildman–Crippen MR) is 126 cm³/mol. The van der Waals surface area contributed by atoms with Crippen LogP contribution in [0.25, 0.3) is 0 Å². The van der Waals surface area contributed by atoms with Crippen LogP contribution >= 0.6 is 23.2 Å². The van der Waals surface area contributed by atoms with Crippen molar-refractivity contribution >= 4 is 29.2 Å². The normalized spacial score (nSPS) is 19.1. The summed E-state index contributed by atoms with van der Waals surface area (Å²) in [6.07, 6.45) is 0.220. The molecule has 0 heterocycles. The van der Waals surface area contributed by atoms with Crippen molar-refractivity contribution in [3.05, 3.63) is 90.0 Å². The molecule has 3 aromatic rings. The second-order valence-electron chi connectivity index (χ2n) is 7.64. The fourth-order valence-electron chi connectivity index (χ4n) is 3.61. The molecule has 2 atom stereocenters. The van der Waals surface area contributed by atoms with E-state index in [1.165, 1.54) is 0 Å². The molecule has 0 radical (unpaired) electrons. The number of carbonyl (C=O) groups excluding carboxylic acids is 1. The van der Waals surface area contributed by atoms with Gasteiger partial charge in [0.15, 0.2) is 15.9 Å². The number of nitriles is 1. The average molecular weight is 482 g/mol. The van der Waals surface area contributed by atoms with Gasteiger partial charge in [-0.2, -0.15) is 5.26 Å². The number of rotatable bonds is 8. The molecular weight excluding hydrogens is 461 g/mol. The zero-order chi connectivity index (χ0) is 23.5. The first-order chi connectivity index (χ1) is 15.9. The Balaban J connectivity index is 1.55. The third-order valence-corrected chi connectivity index (χ3v) is 6.26. The Bertz CT molecular complexity index is 1170. The minimum atomic E-state index is -1.28. The van der Waals surface area contributed by atoms with Crippen molar-refractivity contribution in [2.24, 2.45) is 0 Å². The molecular formula is C26H21Cl2NO4. The molecule has 1 fully saturated rings. The van der Waals surface area contributed by atoms with E-state index >= 15 is 0 Å². The number of benzene rings is 3. The lowest BCUT2D eigenvalue weighted by molar-refractivity contribution is -0.152. The van der Waals surface area contributed by atoms with Gasteiger partial charge in [0.25, 0.3) is 0 Å². The molecule has 4 rings (SSSR count). The Labute approximate surface area is 202 Å². The zero-order valence-electron chi connectivity index (χ0n) is 17.8. The molecule has 0 amide bonds. The van der Waals surface area contributed by atoms with E-state index in [4.69, 9.17) is 37.4 Å². The van der Waals surface area contributed by atoms with E-state index in [2.05, 4.69) is 0 Å². The summed E-state index contributed by atoms with van der Waals surface area (Å²) in [5, 5.41) is 9.77. The van der Waals surface area contributed by atoms with Gasteiger partial charge in [-0.1, -0.05) is 65.7 Å². The summed E-state index contributed by atoms with van der Waals surface area (Å²) in [5.41, 5.74) is -0.138. The van der Waals surface area contributed by atoms with E-state index in [1.54, 1.807) is 48.5 Å². The summed E-state index contributed by atoms with van der Waals surface area (Å²) >= 11 is 12.8. The molecule has 0 saturated heterocycles. The van der Waals surface area contributed by atoms with Gasteiger partial charge in [-0.05, 0) is 54.4 Å². The van der Waals surface area contributed by atoms with Gasteiger partial charge in [0.05, 0.1) is 12.7 Å². The maximum Gasteiger partial charge on any atom is 0.328 e. The van der Waals surface area contributed by atoms with E-state index in [-0.39, 0.29) is 6.42 Å². The van der Waals surface area contributed by atoms with E-state index in [1.807, 2.05) is 43.3 Å². The van der Waals surface area contributed by atoms with E-state index < -0.39 is 21.8 Å². The fraction of sp³-hybridized carbons (Fsp3) is 0.231. The van der Waals surface area contributed by atoms with Gasteiger partial charge < -0.3 is 14.2 Å². The number of para-hydroxylation sites is 1. The van der Waals surface area contributed by atoms with Gasteiger partial charge in [0.1, 0.15) is 17.2 Å². The van der Waals surface area contributed by atoms with Crippen molar-refractivity contribution in [2.75, 3.05) is 6.61 Å². The van der Waals surface area contributed by atoms with Gasteiger partial charge >= 0.3 is 5.97 Å². The Hall–Kier alpha value is -3.20. The topological polar surface area (TPSA) is 68.5 Å². The van der Waals surface area contributed by atoms with Crippen LogP contribution in [-0.4, -0.2) is 16.9 Å². The molecule has 0 unspecified atom stereocenters. The lowest BCUT2D eigenvalue weighted by Gasteiger charge is -2.22. The van der Waals surface area contributed by atoms with Gasteiger partial charge in [-0.3, -0.25) is 4.79 Å². The summed E-state index contributed by atoms with van der Waals surface area (Å²) in [6.45, 7) is 2.42. The fourth-order valence-corrected chi connectivity index (χ4v) is 4.29. The highest BCUT2D eigenvalue weighted by atomic mass is 35.5. The number of esters is 1. The molecule has 0 spiro atoms. The minimum Gasteiger partial charge on any atom is -0.494 e. The van der Waals surface area contributed by atoms with Crippen LogP contribution in [0, 0.1) is 11.3 Å². The van der Waals surface area contributed by atoms with Crippen molar-refractivity contribution in [1.82, 2.24) is 0 Å². The molecule has 1 saturated carbocycles. The SMILES string of the molecule is CCOc1ccc([C@]2(OC(=O)[C@@H](C#N)c3cccc(Oc4ccccc4)c3)CC2(Cl)Cl)cc1. The predicted octanol–water partition coefficient (Wildman–Crippen LogP) is 6.50. The number of hydrogen-bond acceptors (Lipinski definition) is 5. The quantitative estimate of drug-likeness (QED) is 0.271. The maximum absolute atomic E-state index is 13.1. The largest absolute Gasteiger partial charge is 0.494 e. The molecule has 0 N–H and O–H groups in total. The molecule has 0 bridgehead atoms. The molecule has 33 heavy (non-hydrogen) atoms. The highest BCUT2D eigenvalue weighted by molar-refractivity contribution is 6.52. The minimum absolute atomic E-state index is 0.220. The van der Waals surface area contributed by atoms with Crippen molar-refractivity contribution in [2.45, 2.75) is 29.2 Å². The third-order valence-electron chi connectivity index (χ3n) is 5.38. The first-order valence-electron chi connectivity index (χ1n) is 10.4. The first-order valence-corrected chi connectivity index (χ1v) is 11.2. The van der Waals surface area contributed by atoms with Crippen LogP contribution in [0.15, 0.2) is 78.9 Å². The first kappa shape index (κ1) is 23.0. The van der Waals surface area contributed by atoms with Crippen LogP contribution in [0.1, 0.15) is 30.4 Å². The second-order valence-corrected chi connectivity index (χ2v) is 9.12. The monoisotopic (exact) mass is 481 g/mol. The van der Waals surface area contributed by atoms with E-state index in [0.717, 1.165) is 0 Å². The van der Waals surface area contributed by atoms with Gasteiger partial charge in [0, 0.05) is 6.42 Å². The summed E-state index contributed by atoms with van der Waals surface area (Å²) < 4.78 is 15.8. The molecule has 1 aliphatic carbocycles. The summed E-state index contributed by atoms with van der Waals surface area (Å²) in [5.74, 6) is -0.0704. The van der Waals surface area contributed by atoms with E-state index in [0.29, 0.717) is 35.0 Å². The smallest absolute Gasteiger partial charge is 0.328 e. The third kappa shape index (κ3) is 4.78. The summed E-state index contributed by atoms with van der Waals surface area (Å²) in [6, 6.07) is 25.1. The lowest BCUT2D eigenvalue weighted by Crippen LogP contribution is -2.27. The highest BCUT2D eigenvalue weighted by Gasteiger charge is 2.71. The summed E-state index contributed by atoms with van der Waals surface area (Å²) in [7, 11) is 0. The second kappa shape index (κ2) is 9.35. The Morgan fingerprint density at radius 1 is 1.00 bits per heavy atom. The van der Waals surface area contributed by atoms with Crippen molar-refractivity contribution in [3.8, 4) is 23.3 Å². The molecule has 0 aliphatic heterocycles. The number of carbonyl (C=O) groups is 1. The van der Waals surface area contributed by atoms with Crippen LogP contribution in [0.3, 0.4) is 0 Å². The van der Waals surface area contributed by atoms with Crippen molar-refractivity contribution < 1.29 is 19.0 Å². The Kier molecular flexibility index (Phi) is 6.51. The van der Waals surface area contributed by atoms with Gasteiger partial charge in [0.2, 0.25) is 0 Å². The number of nitrogens with zero attached hydrogens (tertiary/aromatic N) is 1. The standard InChI is InChI=1S/C26H21Cl2NO4/c1-2-31-20-13-11-19(12-14-20)25(17-26(25,27)28)33-24(30)23(16-29)18-7-6-10-22(15-18)32-21-8-4-3-5-9-21/h3-15,23H,2,17H2,1H3/t23-,25+/m0/s1. The number of hydrogen-bond donors (Lipinski definition) is 0. The Morgan fingerprint density at radius 2 is 1.67 bits per heavy atom. The highest BCUT2D eigenvalue weighted by Crippen LogP contribution is 2.65. The van der Waals surface area contributed by atoms with Gasteiger partial charge in [-0.25, -0.2) is 0 Å². The summed E-state index contributed by atoms with van der Waals surface area (Å²) in [4.78, 5) is 13.1. The number of ether oxygens (including phenoxy) is 3. The molecule has 3 aromatic carbocycles. The molecule has 168 valence electrons. The molecule has 5 nitrogen and oxygen atoms in total. The molecule has 1 aliphatic rings. The van der Waals surface area contributed by atoms with Gasteiger partial charge in [-0.15, -0.1) is 0 Å². The maximum atomic E-state index is 13.1. The number of halogens is 2. The Morgan fingerprint density at radius 3 is 2.27 bits per heavy atom. The lowest BCUT2D eigenvalue weighted by atomic mass is 10.00. The van der Waals surface area contributed by atoms with Crippen LogP contribution in [0.4, 0.5) is 0 Å². The molecule has 7 heteroatoms. The zero-order valence-corrected chi connectivity index (χ0v) is 19.3. The van der Waals surface area contributed by atoms with Crippen molar-refractivity contribution in [1.29, 1.82) is 5.26 Å². The van der Waals surface area contributed by atoms with Crippen LogP contribution in [-0.2, 0) is 15.1 Å². The molecule has 0 aromatic heterocycles. The average Bonchev–Trinajstić information content (AvgIpc) is 3.36. The van der Waals surface area contributed by atoms with Crippen LogP contribution in [0.2, 0.25) is 0 Å². The van der Waals surface area contributed by atoms with Crippen LogP contribution in [0.5, 0.6) is 17.2 Å². The van der Waals surface area contributed by atoms with Crippen molar-refractivity contribution in [3.63, 3.8) is 0 Å². The number of alkyl halides is 2.